The molecule has 1 aromatic rings. The van der Waals surface area contributed by atoms with Gasteiger partial charge in [0.25, 0.3) is 0 Å². The number of methoxy groups -OCH3 is 1. The lowest BCUT2D eigenvalue weighted by Gasteiger charge is -2.29. The van der Waals surface area contributed by atoms with Crippen molar-refractivity contribution in [3.05, 3.63) is 29.6 Å². The number of carbonyl (C=O) groups is 1. The molecule has 20 heavy (non-hydrogen) atoms. The van der Waals surface area contributed by atoms with E-state index in [2.05, 4.69) is 0 Å². The van der Waals surface area contributed by atoms with Crippen molar-refractivity contribution in [1.82, 2.24) is 0 Å². The van der Waals surface area contributed by atoms with Gasteiger partial charge in [0, 0.05) is 13.0 Å². The van der Waals surface area contributed by atoms with Gasteiger partial charge in [0.05, 0.1) is 7.11 Å². The molecule has 1 atom stereocenters. The molecule has 0 spiro atoms. The summed E-state index contributed by atoms with van der Waals surface area (Å²) in [5.41, 5.74) is 0.0194. The van der Waals surface area contributed by atoms with Gasteiger partial charge in [0.15, 0.2) is 17.3 Å². The molecule has 0 saturated carbocycles. The second-order valence-electron chi connectivity index (χ2n) is 5.78. The number of ketones is 1. The number of carbonyl (C=O) groups excluding carboxylic acids is 1. The van der Waals surface area contributed by atoms with Crippen molar-refractivity contribution in [2.45, 2.75) is 40.2 Å². The van der Waals surface area contributed by atoms with Crippen LogP contribution in [0.1, 0.15) is 33.3 Å². The maximum Gasteiger partial charge on any atom is 0.168 e. The van der Waals surface area contributed by atoms with Crippen LogP contribution in [0.25, 0.3) is 0 Å². The van der Waals surface area contributed by atoms with Gasteiger partial charge in [-0.25, -0.2) is 4.39 Å². The van der Waals surface area contributed by atoms with Crippen molar-refractivity contribution >= 4 is 5.78 Å². The van der Waals surface area contributed by atoms with E-state index >= 15 is 0 Å². The first kappa shape index (κ1) is 16.6. The summed E-state index contributed by atoms with van der Waals surface area (Å²) in [6.07, 6.45) is -0.538. The Hall–Kier alpha value is -1.42. The number of halogens is 1. The topological polar surface area (TPSA) is 35.5 Å². The molecule has 0 heterocycles. The number of Topliss-reactive ketones (excluding diaryl/α,β-unsaturated/α-hetero) is 1. The third kappa shape index (κ3) is 4.04. The van der Waals surface area contributed by atoms with Crippen molar-refractivity contribution < 1.29 is 18.7 Å². The zero-order chi connectivity index (χ0) is 15.3. The van der Waals surface area contributed by atoms with Crippen LogP contribution in [0.15, 0.2) is 18.2 Å². The van der Waals surface area contributed by atoms with Gasteiger partial charge in [-0.15, -0.1) is 0 Å². The highest BCUT2D eigenvalue weighted by molar-refractivity contribution is 5.86. The van der Waals surface area contributed by atoms with Crippen LogP contribution in [0.4, 0.5) is 4.39 Å². The Morgan fingerprint density at radius 1 is 1.35 bits per heavy atom. The summed E-state index contributed by atoms with van der Waals surface area (Å²) < 4.78 is 24.5. The highest BCUT2D eigenvalue weighted by Gasteiger charge is 2.32. The Kier molecular flexibility index (Phi) is 5.69. The van der Waals surface area contributed by atoms with Crippen LogP contribution in [0.3, 0.4) is 0 Å². The van der Waals surface area contributed by atoms with Crippen molar-refractivity contribution in [2.75, 3.05) is 13.7 Å². The van der Waals surface area contributed by atoms with Crippen LogP contribution >= 0.6 is 0 Å². The van der Waals surface area contributed by atoms with Crippen molar-refractivity contribution in [3.63, 3.8) is 0 Å². The van der Waals surface area contributed by atoms with E-state index in [4.69, 9.17) is 9.47 Å². The molecule has 0 saturated heterocycles. The maximum absolute atomic E-state index is 14.1. The molecule has 1 rings (SSSR count). The van der Waals surface area contributed by atoms with Gasteiger partial charge in [0.1, 0.15) is 6.10 Å². The molecule has 3 nitrogen and oxygen atoms in total. The van der Waals surface area contributed by atoms with Crippen LogP contribution in [0, 0.1) is 11.2 Å². The smallest absolute Gasteiger partial charge is 0.168 e. The predicted octanol–water partition coefficient (Wildman–Crippen LogP) is 3.40. The van der Waals surface area contributed by atoms with Gasteiger partial charge in [-0.3, -0.25) is 4.79 Å². The molecule has 0 radical (unpaired) electrons. The van der Waals surface area contributed by atoms with E-state index in [1.54, 1.807) is 12.1 Å². The van der Waals surface area contributed by atoms with Gasteiger partial charge in [0.2, 0.25) is 0 Å². The highest BCUT2D eigenvalue weighted by Crippen LogP contribution is 2.26. The standard InChI is InChI=1S/C16H23FO3/c1-6-20-15(16(2,3)4)12(18)10-11-8-7-9-13(19-5)14(11)17/h7-9,15H,6,10H2,1-5H3. The van der Waals surface area contributed by atoms with Crippen LogP contribution in [-0.2, 0) is 16.0 Å². The summed E-state index contributed by atoms with van der Waals surface area (Å²) in [7, 11) is 1.40. The number of hydrogen-bond donors (Lipinski definition) is 0. The minimum atomic E-state index is -0.543. The summed E-state index contributed by atoms with van der Waals surface area (Å²) >= 11 is 0. The first-order valence-corrected chi connectivity index (χ1v) is 6.77. The molecule has 0 N–H and O–H groups in total. The summed E-state index contributed by atoms with van der Waals surface area (Å²) in [6.45, 7) is 8.11. The largest absolute Gasteiger partial charge is 0.494 e. The lowest BCUT2D eigenvalue weighted by atomic mass is 9.84. The van der Waals surface area contributed by atoms with Crippen LogP contribution < -0.4 is 4.74 Å². The van der Waals surface area contributed by atoms with E-state index in [0.717, 1.165) is 0 Å². The third-order valence-electron chi connectivity index (χ3n) is 3.04. The summed E-state index contributed by atoms with van der Waals surface area (Å²) in [5.74, 6) is -0.446. The molecule has 0 aliphatic rings. The van der Waals surface area contributed by atoms with Crippen molar-refractivity contribution in [1.29, 1.82) is 0 Å². The third-order valence-corrected chi connectivity index (χ3v) is 3.04. The number of hydrogen-bond acceptors (Lipinski definition) is 3. The van der Waals surface area contributed by atoms with Gasteiger partial charge in [-0.2, -0.15) is 0 Å². The van der Waals surface area contributed by atoms with Gasteiger partial charge in [-0.05, 0) is 24.0 Å². The Morgan fingerprint density at radius 3 is 2.50 bits per heavy atom. The van der Waals surface area contributed by atoms with E-state index in [1.165, 1.54) is 13.2 Å². The molecule has 0 bridgehead atoms. The average Bonchev–Trinajstić information content (AvgIpc) is 2.37. The van der Waals surface area contributed by atoms with E-state index in [1.807, 2.05) is 27.7 Å². The Balaban J connectivity index is 2.94. The summed E-state index contributed by atoms with van der Waals surface area (Å²) in [4.78, 5) is 12.4. The van der Waals surface area contributed by atoms with Crippen LogP contribution in [-0.4, -0.2) is 25.6 Å². The Morgan fingerprint density at radius 2 is 2.00 bits per heavy atom. The van der Waals surface area contributed by atoms with E-state index in [0.29, 0.717) is 12.2 Å². The fourth-order valence-corrected chi connectivity index (χ4v) is 2.12. The predicted molar refractivity (Wildman–Crippen MR) is 76.5 cm³/mol. The van der Waals surface area contributed by atoms with Gasteiger partial charge < -0.3 is 9.47 Å². The summed E-state index contributed by atoms with van der Waals surface area (Å²) in [6, 6.07) is 4.81. The fraction of sp³-hybridized carbons (Fsp3) is 0.562. The molecule has 0 aromatic heterocycles. The molecule has 1 aromatic carbocycles. The van der Waals surface area contributed by atoms with Gasteiger partial charge >= 0.3 is 0 Å². The SMILES string of the molecule is CCOC(C(=O)Cc1cccc(OC)c1F)C(C)(C)C. The first-order chi connectivity index (χ1) is 9.31. The second-order valence-corrected chi connectivity index (χ2v) is 5.78. The van der Waals surface area contributed by atoms with Crippen LogP contribution in [0.5, 0.6) is 5.75 Å². The second kappa shape index (κ2) is 6.84. The zero-order valence-electron chi connectivity index (χ0n) is 12.8. The van der Waals surface area contributed by atoms with E-state index in [-0.39, 0.29) is 23.4 Å². The monoisotopic (exact) mass is 282 g/mol. The maximum atomic E-state index is 14.1. The molecule has 1 unspecified atom stereocenters. The quantitative estimate of drug-likeness (QED) is 0.802. The van der Waals surface area contributed by atoms with Gasteiger partial charge in [-0.1, -0.05) is 32.9 Å². The first-order valence-electron chi connectivity index (χ1n) is 6.77. The Labute approximate surface area is 120 Å². The molecule has 0 aliphatic carbocycles. The number of rotatable bonds is 6. The minimum Gasteiger partial charge on any atom is -0.494 e. The normalized spacial score (nSPS) is 13.1. The average molecular weight is 282 g/mol. The van der Waals surface area contributed by atoms with Crippen LogP contribution in [0.2, 0.25) is 0 Å². The van der Waals surface area contributed by atoms with E-state index < -0.39 is 11.9 Å². The molecular formula is C16H23FO3. The molecule has 0 aliphatic heterocycles. The Bertz CT molecular complexity index is 463. The summed E-state index contributed by atoms with van der Waals surface area (Å²) in [5, 5.41) is 0. The molecular weight excluding hydrogens is 259 g/mol. The van der Waals surface area contributed by atoms with E-state index in [9.17, 15) is 9.18 Å². The molecule has 0 fully saturated rings. The fourth-order valence-electron chi connectivity index (χ4n) is 2.12. The lowest BCUT2D eigenvalue weighted by Crippen LogP contribution is -2.38. The highest BCUT2D eigenvalue weighted by atomic mass is 19.1. The molecule has 0 amide bonds. The van der Waals surface area contributed by atoms with Crippen molar-refractivity contribution in [3.8, 4) is 5.75 Å². The molecule has 4 heteroatoms. The minimum absolute atomic E-state index is 0.00493. The molecule has 112 valence electrons. The van der Waals surface area contributed by atoms with Crippen molar-refractivity contribution in [2.24, 2.45) is 5.41 Å². The number of benzene rings is 1. The zero-order valence-corrected chi connectivity index (χ0v) is 12.8. The lowest BCUT2D eigenvalue weighted by molar-refractivity contribution is -0.136. The number of ether oxygens (including phenoxy) is 2.